The van der Waals surface area contributed by atoms with Gasteiger partial charge >= 0.3 is 6.03 Å². The third-order valence-corrected chi connectivity index (χ3v) is 3.65. The fourth-order valence-corrected chi connectivity index (χ4v) is 2.42. The van der Waals surface area contributed by atoms with Crippen LogP contribution in [0.5, 0.6) is 0 Å². The first-order valence-electron chi connectivity index (χ1n) is 6.55. The third-order valence-electron chi connectivity index (χ3n) is 3.65. The van der Waals surface area contributed by atoms with Gasteiger partial charge in [0.15, 0.2) is 0 Å². The predicted octanol–water partition coefficient (Wildman–Crippen LogP) is 2.22. The molecule has 1 aromatic rings. The van der Waals surface area contributed by atoms with Gasteiger partial charge in [-0.15, -0.1) is 0 Å². The molecule has 0 spiro atoms. The molecule has 0 N–H and O–H groups in total. The van der Waals surface area contributed by atoms with Crippen molar-refractivity contribution in [1.29, 1.82) is 0 Å². The largest absolute Gasteiger partial charge is 0.346 e. The van der Waals surface area contributed by atoms with Crippen molar-refractivity contribution in [1.82, 2.24) is 9.96 Å². The van der Waals surface area contributed by atoms with E-state index in [1.807, 2.05) is 35.2 Å². The van der Waals surface area contributed by atoms with Gasteiger partial charge in [0.05, 0.1) is 6.04 Å². The maximum Gasteiger partial charge on any atom is 0.346 e. The van der Waals surface area contributed by atoms with E-state index in [0.717, 1.165) is 31.5 Å². The number of nitrogens with zero attached hydrogens (tertiary/aromatic N) is 3. The lowest BCUT2D eigenvalue weighted by molar-refractivity contribution is 0.127. The summed E-state index contributed by atoms with van der Waals surface area (Å²) in [6.45, 7) is 5.02. The Balaban J connectivity index is 1.57. The number of amides is 2. The van der Waals surface area contributed by atoms with Crippen LogP contribution in [0.1, 0.15) is 24.6 Å². The summed E-state index contributed by atoms with van der Waals surface area (Å²) in [4.78, 5) is 23.5. The number of carbonyl (C=O) groups is 1. The number of hydrogen-bond donors (Lipinski definition) is 0. The topological polar surface area (TPSA) is 48.2 Å². The zero-order valence-corrected chi connectivity index (χ0v) is 10.7. The van der Waals surface area contributed by atoms with Crippen LogP contribution in [0, 0.1) is 0 Å². The molecule has 2 amide bonds. The van der Waals surface area contributed by atoms with Crippen LogP contribution in [0.25, 0.3) is 0 Å². The van der Waals surface area contributed by atoms with Gasteiger partial charge in [-0.05, 0) is 19.6 Å². The van der Waals surface area contributed by atoms with Gasteiger partial charge in [0.25, 0.3) is 0 Å². The van der Waals surface area contributed by atoms with Crippen LogP contribution >= 0.6 is 0 Å². The van der Waals surface area contributed by atoms with Gasteiger partial charge in [-0.25, -0.2) is 9.63 Å². The fraction of sp³-hybridized carbons (Fsp3) is 0.429. The summed E-state index contributed by atoms with van der Waals surface area (Å²) in [6, 6.07) is 10.0. The summed E-state index contributed by atoms with van der Waals surface area (Å²) in [7, 11) is 0. The van der Waals surface area contributed by atoms with Crippen molar-refractivity contribution in [2.24, 2.45) is 4.99 Å². The highest BCUT2D eigenvalue weighted by Crippen LogP contribution is 2.38. The Morgan fingerprint density at radius 2 is 1.95 bits per heavy atom. The van der Waals surface area contributed by atoms with Gasteiger partial charge in [0, 0.05) is 18.7 Å². The minimum Gasteiger partial charge on any atom is -0.323 e. The lowest BCUT2D eigenvalue weighted by Gasteiger charge is -2.29. The minimum absolute atomic E-state index is 0.0450. The van der Waals surface area contributed by atoms with Crippen LogP contribution in [-0.2, 0) is 4.84 Å². The van der Waals surface area contributed by atoms with E-state index in [-0.39, 0.29) is 12.3 Å². The van der Waals surface area contributed by atoms with Crippen molar-refractivity contribution >= 4 is 12.7 Å². The summed E-state index contributed by atoms with van der Waals surface area (Å²) >= 11 is 0. The van der Waals surface area contributed by atoms with Crippen molar-refractivity contribution in [2.45, 2.75) is 25.1 Å². The monoisotopic (exact) mass is 259 g/mol. The van der Waals surface area contributed by atoms with Crippen LogP contribution in [0.15, 0.2) is 35.3 Å². The molecule has 0 radical (unpaired) electrons. The van der Waals surface area contributed by atoms with Gasteiger partial charge in [-0.3, -0.25) is 4.99 Å². The Bertz CT molecular complexity index is 469. The first-order chi connectivity index (χ1) is 9.29. The van der Waals surface area contributed by atoms with Crippen LogP contribution in [0.3, 0.4) is 0 Å². The first kappa shape index (κ1) is 12.2. The molecular weight excluding hydrogens is 242 g/mol. The molecule has 3 rings (SSSR count). The highest BCUT2D eigenvalue weighted by atomic mass is 16.8. The Morgan fingerprint density at radius 1 is 1.26 bits per heavy atom. The molecule has 5 heteroatoms. The second-order valence-electron chi connectivity index (χ2n) is 4.88. The van der Waals surface area contributed by atoms with Crippen LogP contribution in [-0.4, -0.2) is 41.8 Å². The predicted molar refractivity (Wildman–Crippen MR) is 71.6 cm³/mol. The summed E-state index contributed by atoms with van der Waals surface area (Å²) < 4.78 is 0. The molecule has 5 nitrogen and oxygen atoms in total. The number of likely N-dealkylation sites (tertiary alicyclic amines) is 1. The highest BCUT2D eigenvalue weighted by Gasteiger charge is 2.45. The molecule has 2 saturated heterocycles. The second-order valence-corrected chi connectivity index (χ2v) is 4.88. The number of rotatable bonds is 2. The van der Waals surface area contributed by atoms with Gasteiger partial charge in [0.1, 0.15) is 0 Å². The van der Waals surface area contributed by atoms with E-state index < -0.39 is 0 Å². The standard InChI is InChI=1S/C14H17N3O2/c1-15-12-7-9-16(10-8-12)14(18)17-13(19-17)11-5-3-2-4-6-11/h2-6,12-13H,1,7-10H2. The Kier molecular flexibility index (Phi) is 3.21. The maximum absolute atomic E-state index is 12.2. The van der Waals surface area contributed by atoms with Crippen molar-refractivity contribution in [2.75, 3.05) is 13.1 Å². The average Bonchev–Trinajstić information content (AvgIpc) is 3.28. The molecule has 2 aliphatic rings. The molecule has 2 heterocycles. The Labute approximate surface area is 112 Å². The van der Waals surface area contributed by atoms with E-state index in [4.69, 9.17) is 4.84 Å². The number of hydroxylamine groups is 2. The number of urea groups is 1. The van der Waals surface area contributed by atoms with Crippen LogP contribution < -0.4 is 0 Å². The molecule has 0 aliphatic carbocycles. The van der Waals surface area contributed by atoms with E-state index >= 15 is 0 Å². The second kappa shape index (κ2) is 5.01. The lowest BCUT2D eigenvalue weighted by Crippen LogP contribution is -2.41. The molecule has 2 aliphatic heterocycles. The maximum atomic E-state index is 12.2. The Hall–Kier alpha value is -1.88. The summed E-state index contributed by atoms with van der Waals surface area (Å²) in [5.74, 6) is 0. The van der Waals surface area contributed by atoms with Crippen molar-refractivity contribution in [3.8, 4) is 0 Å². The zero-order chi connectivity index (χ0) is 13.2. The van der Waals surface area contributed by atoms with Crippen LogP contribution in [0.2, 0.25) is 0 Å². The van der Waals surface area contributed by atoms with E-state index in [0.29, 0.717) is 6.04 Å². The molecule has 1 unspecified atom stereocenters. The van der Waals surface area contributed by atoms with Gasteiger partial charge in [0.2, 0.25) is 6.23 Å². The quantitative estimate of drug-likeness (QED) is 0.604. The van der Waals surface area contributed by atoms with Gasteiger partial charge in [-0.2, -0.15) is 5.06 Å². The summed E-state index contributed by atoms with van der Waals surface area (Å²) in [5, 5.41) is 1.44. The summed E-state index contributed by atoms with van der Waals surface area (Å²) in [6.07, 6.45) is 1.56. The molecule has 0 aromatic heterocycles. The number of carbonyl (C=O) groups excluding carboxylic acids is 1. The molecule has 2 fully saturated rings. The molecule has 1 aromatic carbocycles. The smallest absolute Gasteiger partial charge is 0.323 e. The average molecular weight is 259 g/mol. The number of hydrogen-bond acceptors (Lipinski definition) is 3. The van der Waals surface area contributed by atoms with E-state index in [1.165, 1.54) is 5.06 Å². The van der Waals surface area contributed by atoms with E-state index in [9.17, 15) is 4.79 Å². The molecular formula is C14H17N3O2. The zero-order valence-electron chi connectivity index (χ0n) is 10.7. The normalized spacial score (nSPS) is 23.3. The molecule has 100 valence electrons. The summed E-state index contributed by atoms with van der Waals surface area (Å²) in [5.41, 5.74) is 1.01. The highest BCUT2D eigenvalue weighted by molar-refractivity contribution is 5.75. The lowest BCUT2D eigenvalue weighted by atomic mass is 10.1. The fourth-order valence-electron chi connectivity index (χ4n) is 2.42. The SMILES string of the molecule is C=NC1CCN(C(=O)N2OC2c2ccccc2)CC1. The van der Waals surface area contributed by atoms with Gasteiger partial charge in [-0.1, -0.05) is 30.3 Å². The van der Waals surface area contributed by atoms with E-state index in [2.05, 4.69) is 11.7 Å². The Morgan fingerprint density at radius 3 is 2.58 bits per heavy atom. The molecule has 0 saturated carbocycles. The van der Waals surface area contributed by atoms with Crippen molar-refractivity contribution in [3.63, 3.8) is 0 Å². The molecule has 0 bridgehead atoms. The van der Waals surface area contributed by atoms with Gasteiger partial charge < -0.3 is 4.90 Å². The van der Waals surface area contributed by atoms with E-state index in [1.54, 1.807) is 0 Å². The third kappa shape index (κ3) is 2.46. The first-order valence-corrected chi connectivity index (χ1v) is 6.55. The molecule has 19 heavy (non-hydrogen) atoms. The number of aliphatic imine (C=N–C) groups is 1. The number of piperidine rings is 1. The van der Waals surface area contributed by atoms with Crippen molar-refractivity contribution < 1.29 is 9.63 Å². The minimum atomic E-state index is -0.219. The van der Waals surface area contributed by atoms with Crippen molar-refractivity contribution in [3.05, 3.63) is 35.9 Å². The van der Waals surface area contributed by atoms with Crippen LogP contribution in [0.4, 0.5) is 4.79 Å². The number of benzene rings is 1. The molecule has 1 atom stereocenters.